The van der Waals surface area contributed by atoms with Gasteiger partial charge < -0.3 is 15.7 Å². The maximum absolute atomic E-state index is 13.6. The first-order valence-electron chi connectivity index (χ1n) is 18.8. The number of rotatable bonds is 10. The fraction of sp³-hybridized carbons (Fsp3) is 0.429. The predicted octanol–water partition coefficient (Wildman–Crippen LogP) is 7.74. The van der Waals surface area contributed by atoms with Crippen molar-refractivity contribution in [3.8, 4) is 11.1 Å². The zero-order valence-electron chi connectivity index (χ0n) is 30.1. The molecule has 1 atom stereocenters. The summed E-state index contributed by atoms with van der Waals surface area (Å²) in [6.45, 7) is 8.52. The SMILES string of the molecule is Cc1c(NC(=O)c2cc(C3CC3)c(CN3CCCC[C@H]3C)cn2)cccc1-c1cccc(NC(=O)c2cc3c(cn2)CN(CC2(O)CC2)CC3)c1Cl. The number of fused-ring (bicyclic) bond motifs is 1. The van der Waals surface area contributed by atoms with Crippen molar-refractivity contribution in [2.24, 2.45) is 0 Å². The number of piperidine rings is 1. The van der Waals surface area contributed by atoms with Gasteiger partial charge in [-0.15, -0.1) is 0 Å². The van der Waals surface area contributed by atoms with Crippen molar-refractivity contribution in [2.75, 3.05) is 30.3 Å². The summed E-state index contributed by atoms with van der Waals surface area (Å²) in [5.74, 6) is -0.0627. The zero-order valence-corrected chi connectivity index (χ0v) is 30.8. The normalized spacial score (nSPS) is 19.9. The van der Waals surface area contributed by atoms with Crippen LogP contribution in [0.15, 0.2) is 60.9 Å². The van der Waals surface area contributed by atoms with E-state index in [1.807, 2.05) is 55.6 Å². The van der Waals surface area contributed by atoms with Crippen LogP contribution in [0.2, 0.25) is 5.02 Å². The third-order valence-electron chi connectivity index (χ3n) is 11.5. The predicted molar refractivity (Wildman–Crippen MR) is 205 cm³/mol. The highest BCUT2D eigenvalue weighted by molar-refractivity contribution is 6.36. The highest BCUT2D eigenvalue weighted by atomic mass is 35.5. The van der Waals surface area contributed by atoms with Crippen molar-refractivity contribution in [3.05, 3.63) is 105 Å². The number of hydrogen-bond acceptors (Lipinski definition) is 7. The van der Waals surface area contributed by atoms with Crippen molar-refractivity contribution < 1.29 is 14.7 Å². The smallest absolute Gasteiger partial charge is 0.274 e. The van der Waals surface area contributed by atoms with E-state index in [1.54, 1.807) is 12.3 Å². The molecule has 1 saturated heterocycles. The van der Waals surface area contributed by atoms with E-state index in [2.05, 4.69) is 37.3 Å². The Morgan fingerprint density at radius 1 is 0.904 bits per heavy atom. The molecule has 4 aliphatic rings. The molecule has 4 aromatic rings. The molecule has 8 rings (SSSR count). The molecule has 0 spiro atoms. The summed E-state index contributed by atoms with van der Waals surface area (Å²) in [6.07, 6.45) is 12.3. The van der Waals surface area contributed by atoms with E-state index in [9.17, 15) is 14.7 Å². The number of β-amino-alcohol motifs (C(OH)–C–C–N with tert-alkyl or cyclic N) is 1. The molecule has 0 radical (unpaired) electrons. The molecule has 9 nitrogen and oxygen atoms in total. The summed E-state index contributed by atoms with van der Waals surface area (Å²) in [5, 5.41) is 16.8. The lowest BCUT2D eigenvalue weighted by molar-refractivity contribution is 0.0854. The van der Waals surface area contributed by atoms with Crippen LogP contribution in [-0.4, -0.2) is 68.0 Å². The average molecular weight is 719 g/mol. The van der Waals surface area contributed by atoms with Gasteiger partial charge in [0.25, 0.3) is 11.8 Å². The second-order valence-electron chi connectivity index (χ2n) is 15.4. The first-order chi connectivity index (χ1) is 25.1. The summed E-state index contributed by atoms with van der Waals surface area (Å²) in [5.41, 5.74) is 8.55. The molecule has 3 N–H and O–H groups in total. The van der Waals surface area contributed by atoms with E-state index >= 15 is 0 Å². The minimum Gasteiger partial charge on any atom is -0.389 e. The molecule has 2 saturated carbocycles. The summed E-state index contributed by atoms with van der Waals surface area (Å²) >= 11 is 6.97. The third-order valence-corrected chi connectivity index (χ3v) is 11.9. The summed E-state index contributed by atoms with van der Waals surface area (Å²) < 4.78 is 0. The number of carbonyl (C=O) groups is 2. The Hall–Kier alpha value is -4.15. The van der Waals surface area contributed by atoms with Gasteiger partial charge in [0.2, 0.25) is 0 Å². The largest absolute Gasteiger partial charge is 0.389 e. The van der Waals surface area contributed by atoms with Gasteiger partial charge in [-0.05, 0) is 129 Å². The Balaban J connectivity index is 0.963. The van der Waals surface area contributed by atoms with Gasteiger partial charge in [0.05, 0.1) is 16.3 Å². The number of aliphatic hydroxyl groups is 1. The summed E-state index contributed by atoms with van der Waals surface area (Å²) in [7, 11) is 0. The number of benzene rings is 2. The topological polar surface area (TPSA) is 111 Å². The van der Waals surface area contributed by atoms with Crippen molar-refractivity contribution in [1.82, 2.24) is 19.8 Å². The van der Waals surface area contributed by atoms with Gasteiger partial charge in [0.1, 0.15) is 11.4 Å². The Bertz CT molecular complexity index is 2030. The lowest BCUT2D eigenvalue weighted by Crippen LogP contribution is -2.37. The monoisotopic (exact) mass is 718 g/mol. The van der Waals surface area contributed by atoms with Gasteiger partial charge in [-0.25, -0.2) is 0 Å². The molecule has 270 valence electrons. The quantitative estimate of drug-likeness (QED) is 0.154. The molecule has 4 heterocycles. The average Bonchev–Trinajstić information content (AvgIpc) is 4.09. The van der Waals surface area contributed by atoms with E-state index in [0.29, 0.717) is 46.3 Å². The molecule has 3 fully saturated rings. The van der Waals surface area contributed by atoms with Crippen LogP contribution < -0.4 is 10.6 Å². The Morgan fingerprint density at radius 2 is 1.62 bits per heavy atom. The first-order valence-corrected chi connectivity index (χ1v) is 19.2. The van der Waals surface area contributed by atoms with E-state index in [-0.39, 0.29) is 11.8 Å². The van der Waals surface area contributed by atoms with Crippen molar-refractivity contribution in [2.45, 2.75) is 95.9 Å². The van der Waals surface area contributed by atoms with Gasteiger partial charge in [-0.3, -0.25) is 29.4 Å². The second kappa shape index (κ2) is 14.3. The lowest BCUT2D eigenvalue weighted by Gasteiger charge is -2.33. The molecule has 0 unspecified atom stereocenters. The van der Waals surface area contributed by atoms with Gasteiger partial charge in [-0.1, -0.05) is 42.3 Å². The minimum absolute atomic E-state index is 0.238. The molecule has 2 amide bonds. The van der Waals surface area contributed by atoms with E-state index in [0.717, 1.165) is 86.1 Å². The van der Waals surface area contributed by atoms with Crippen molar-refractivity contribution in [1.29, 1.82) is 0 Å². The fourth-order valence-electron chi connectivity index (χ4n) is 7.89. The number of nitrogens with one attached hydrogen (secondary N) is 2. The minimum atomic E-state index is -0.526. The highest BCUT2D eigenvalue weighted by Crippen LogP contribution is 2.43. The van der Waals surface area contributed by atoms with Crippen LogP contribution in [0.25, 0.3) is 11.1 Å². The number of hydrogen-bond donors (Lipinski definition) is 3. The van der Waals surface area contributed by atoms with Crippen LogP contribution in [0.1, 0.15) is 107 Å². The summed E-state index contributed by atoms with van der Waals surface area (Å²) in [6, 6.07) is 15.7. The molecular weight excluding hydrogens is 672 g/mol. The van der Waals surface area contributed by atoms with Crippen LogP contribution in [0, 0.1) is 6.92 Å². The Morgan fingerprint density at radius 3 is 2.37 bits per heavy atom. The fourth-order valence-corrected chi connectivity index (χ4v) is 8.17. The molecule has 2 aromatic carbocycles. The van der Waals surface area contributed by atoms with Crippen LogP contribution in [-0.2, 0) is 19.5 Å². The Kier molecular flexibility index (Phi) is 9.63. The third kappa shape index (κ3) is 7.51. The van der Waals surface area contributed by atoms with Crippen LogP contribution >= 0.6 is 11.6 Å². The number of pyridine rings is 2. The molecule has 52 heavy (non-hydrogen) atoms. The van der Waals surface area contributed by atoms with Gasteiger partial charge in [-0.2, -0.15) is 0 Å². The maximum atomic E-state index is 13.6. The number of halogens is 1. The number of anilines is 2. The molecule has 2 aliphatic carbocycles. The highest BCUT2D eigenvalue weighted by Gasteiger charge is 2.42. The number of amides is 2. The number of carbonyl (C=O) groups excluding carboxylic acids is 2. The van der Waals surface area contributed by atoms with Crippen molar-refractivity contribution >= 4 is 34.8 Å². The molecule has 10 heteroatoms. The van der Waals surface area contributed by atoms with Gasteiger partial charge >= 0.3 is 0 Å². The summed E-state index contributed by atoms with van der Waals surface area (Å²) in [4.78, 5) is 41.0. The van der Waals surface area contributed by atoms with Crippen LogP contribution in [0.3, 0.4) is 0 Å². The van der Waals surface area contributed by atoms with E-state index in [4.69, 9.17) is 11.6 Å². The maximum Gasteiger partial charge on any atom is 0.274 e. The number of nitrogens with zero attached hydrogens (tertiary/aromatic N) is 4. The van der Waals surface area contributed by atoms with E-state index in [1.165, 1.54) is 30.4 Å². The Labute approximate surface area is 310 Å². The van der Waals surface area contributed by atoms with Crippen molar-refractivity contribution in [3.63, 3.8) is 0 Å². The zero-order chi connectivity index (χ0) is 36.0. The number of aromatic nitrogens is 2. The van der Waals surface area contributed by atoms with Gasteiger partial charge in [0, 0.05) is 55.9 Å². The molecule has 0 bridgehead atoms. The molecule has 2 aromatic heterocycles. The standard InChI is InChI=1S/C42H47ClN6O3/c1-26-7-3-4-17-49(26)24-31-22-45-38(20-34(31)28-12-13-28)41(51)46-35-10-5-8-32(27(35)2)33-9-6-11-36(39(33)43)47-40(50)37-19-29-14-18-48(23-30(29)21-44-37)25-42(52)15-16-42/h5-6,8-11,19-22,26,28,52H,3-4,7,12-18,23-25H2,1-2H3,(H,46,51)(H,47,50)/t26-/m1/s1. The first kappa shape index (κ1) is 34.9. The van der Waals surface area contributed by atoms with Gasteiger partial charge in [0.15, 0.2) is 0 Å². The van der Waals surface area contributed by atoms with Crippen LogP contribution in [0.4, 0.5) is 11.4 Å². The number of likely N-dealkylation sites (tertiary alicyclic amines) is 1. The second-order valence-corrected chi connectivity index (χ2v) is 15.8. The molecular formula is C42H47ClN6O3. The van der Waals surface area contributed by atoms with Crippen LogP contribution in [0.5, 0.6) is 0 Å². The molecule has 2 aliphatic heterocycles. The lowest BCUT2D eigenvalue weighted by atomic mass is 9.98. The van der Waals surface area contributed by atoms with E-state index < -0.39 is 5.60 Å².